The first-order chi connectivity index (χ1) is 14.5. The number of fused-ring (bicyclic) bond motifs is 1. The number of likely N-dealkylation sites (tertiary alicyclic amines) is 1. The summed E-state index contributed by atoms with van der Waals surface area (Å²) in [6.45, 7) is 2.93. The van der Waals surface area contributed by atoms with Crippen LogP contribution < -0.4 is 5.32 Å². The molecule has 8 heteroatoms. The van der Waals surface area contributed by atoms with E-state index in [0.717, 1.165) is 6.42 Å². The SMILES string of the molecule is CCOC(=O)C1CCCN(C(=O)c2cc3occc3c(Nc3ccc(F)cc3)n2)C1. The maximum Gasteiger partial charge on any atom is 0.310 e. The van der Waals surface area contributed by atoms with Crippen LogP contribution in [0.15, 0.2) is 47.1 Å². The third-order valence-corrected chi connectivity index (χ3v) is 5.10. The van der Waals surface area contributed by atoms with Crippen LogP contribution in [-0.2, 0) is 9.53 Å². The zero-order valence-electron chi connectivity index (χ0n) is 16.6. The second-order valence-electron chi connectivity index (χ2n) is 7.16. The molecule has 0 bridgehead atoms. The summed E-state index contributed by atoms with van der Waals surface area (Å²) < 4.78 is 23.8. The Morgan fingerprint density at radius 3 is 2.87 bits per heavy atom. The number of halogens is 1. The number of furan rings is 1. The molecule has 1 N–H and O–H groups in total. The summed E-state index contributed by atoms with van der Waals surface area (Å²) >= 11 is 0. The van der Waals surface area contributed by atoms with E-state index in [1.807, 2.05) is 0 Å². The molecule has 1 aromatic carbocycles. The number of pyridine rings is 1. The maximum absolute atomic E-state index is 13.2. The molecule has 1 aliphatic rings. The van der Waals surface area contributed by atoms with E-state index in [1.54, 1.807) is 36.1 Å². The molecule has 7 nitrogen and oxygen atoms in total. The van der Waals surface area contributed by atoms with Crippen molar-refractivity contribution in [3.63, 3.8) is 0 Å². The van der Waals surface area contributed by atoms with Gasteiger partial charge >= 0.3 is 5.97 Å². The van der Waals surface area contributed by atoms with Crippen LogP contribution in [0, 0.1) is 11.7 Å². The summed E-state index contributed by atoms with van der Waals surface area (Å²) in [4.78, 5) is 31.4. The maximum atomic E-state index is 13.2. The highest BCUT2D eigenvalue weighted by Crippen LogP contribution is 2.28. The molecule has 1 atom stereocenters. The van der Waals surface area contributed by atoms with Crippen LogP contribution in [0.4, 0.5) is 15.9 Å². The third-order valence-electron chi connectivity index (χ3n) is 5.10. The first-order valence-corrected chi connectivity index (χ1v) is 9.92. The molecule has 3 heterocycles. The molecule has 1 unspecified atom stereocenters. The van der Waals surface area contributed by atoms with Crippen molar-refractivity contribution in [3.05, 3.63) is 54.2 Å². The Balaban J connectivity index is 1.60. The Labute approximate surface area is 172 Å². The standard InChI is InChI=1S/C22H22FN3O4/c1-2-29-22(28)14-4-3-10-26(13-14)21(27)18-12-19-17(9-11-30-19)20(25-18)24-16-7-5-15(23)6-8-16/h5-9,11-12,14H,2-4,10,13H2,1H3,(H,24,25). The van der Waals surface area contributed by atoms with Gasteiger partial charge in [-0.15, -0.1) is 0 Å². The molecule has 0 aliphatic carbocycles. The first kappa shape index (κ1) is 19.9. The monoisotopic (exact) mass is 411 g/mol. The van der Waals surface area contributed by atoms with Gasteiger partial charge in [0.2, 0.25) is 0 Å². The summed E-state index contributed by atoms with van der Waals surface area (Å²) in [7, 11) is 0. The van der Waals surface area contributed by atoms with Gasteiger partial charge in [0.15, 0.2) is 0 Å². The van der Waals surface area contributed by atoms with Crippen molar-refractivity contribution < 1.29 is 23.1 Å². The lowest BCUT2D eigenvalue weighted by atomic mass is 9.98. The number of piperidine rings is 1. The third kappa shape index (κ3) is 4.12. The Morgan fingerprint density at radius 2 is 2.10 bits per heavy atom. The van der Waals surface area contributed by atoms with Crippen molar-refractivity contribution in [2.24, 2.45) is 5.92 Å². The number of benzene rings is 1. The molecule has 2 aromatic heterocycles. The highest BCUT2D eigenvalue weighted by molar-refractivity contribution is 5.99. The molecule has 156 valence electrons. The molecule has 1 aliphatic heterocycles. The van der Waals surface area contributed by atoms with Crippen LogP contribution in [0.25, 0.3) is 11.0 Å². The Morgan fingerprint density at radius 1 is 1.30 bits per heavy atom. The van der Waals surface area contributed by atoms with Gasteiger partial charge in [-0.05, 0) is 50.1 Å². The number of carbonyl (C=O) groups is 2. The highest BCUT2D eigenvalue weighted by Gasteiger charge is 2.30. The summed E-state index contributed by atoms with van der Waals surface area (Å²) in [5, 5.41) is 3.83. The molecule has 1 amide bonds. The smallest absolute Gasteiger partial charge is 0.310 e. The summed E-state index contributed by atoms with van der Waals surface area (Å²) in [5.41, 5.74) is 1.36. The van der Waals surface area contributed by atoms with Crippen molar-refractivity contribution >= 4 is 34.4 Å². The van der Waals surface area contributed by atoms with Gasteiger partial charge in [-0.25, -0.2) is 9.37 Å². The Bertz CT molecular complexity index is 1060. The van der Waals surface area contributed by atoms with Gasteiger partial charge in [0.05, 0.1) is 24.2 Å². The van der Waals surface area contributed by atoms with Crippen LogP contribution in [0.5, 0.6) is 0 Å². The molecule has 30 heavy (non-hydrogen) atoms. The predicted molar refractivity (Wildman–Crippen MR) is 109 cm³/mol. The molecule has 0 radical (unpaired) electrons. The highest BCUT2D eigenvalue weighted by atomic mass is 19.1. The number of esters is 1. The molecule has 0 saturated carbocycles. The van der Waals surface area contributed by atoms with Crippen LogP contribution in [0.2, 0.25) is 0 Å². The van der Waals surface area contributed by atoms with E-state index >= 15 is 0 Å². The fourth-order valence-electron chi connectivity index (χ4n) is 3.62. The van der Waals surface area contributed by atoms with E-state index in [0.29, 0.717) is 48.6 Å². The van der Waals surface area contributed by atoms with Crippen LogP contribution in [0.1, 0.15) is 30.3 Å². The van der Waals surface area contributed by atoms with E-state index < -0.39 is 0 Å². The number of rotatable bonds is 5. The van der Waals surface area contributed by atoms with Gasteiger partial charge in [-0.3, -0.25) is 9.59 Å². The normalized spacial score (nSPS) is 16.5. The Kier molecular flexibility index (Phi) is 5.65. The van der Waals surface area contributed by atoms with Gasteiger partial charge in [0.1, 0.15) is 22.9 Å². The first-order valence-electron chi connectivity index (χ1n) is 9.92. The topological polar surface area (TPSA) is 84.7 Å². The number of ether oxygens (including phenoxy) is 1. The zero-order valence-corrected chi connectivity index (χ0v) is 16.6. The van der Waals surface area contributed by atoms with E-state index in [-0.39, 0.29) is 29.3 Å². The number of nitrogens with zero attached hydrogens (tertiary/aromatic N) is 2. The predicted octanol–water partition coefficient (Wildman–Crippen LogP) is 4.13. The van der Waals surface area contributed by atoms with Gasteiger partial charge < -0.3 is 19.4 Å². The lowest BCUT2D eigenvalue weighted by Gasteiger charge is -2.31. The second-order valence-corrected chi connectivity index (χ2v) is 7.16. The lowest BCUT2D eigenvalue weighted by molar-refractivity contribution is -0.149. The minimum absolute atomic E-state index is 0.214. The Hall–Kier alpha value is -3.42. The summed E-state index contributed by atoms with van der Waals surface area (Å²) in [5.74, 6) is -0.776. The molecule has 4 rings (SSSR count). The van der Waals surface area contributed by atoms with Crippen molar-refractivity contribution in [1.82, 2.24) is 9.88 Å². The van der Waals surface area contributed by atoms with E-state index in [9.17, 15) is 14.0 Å². The zero-order chi connectivity index (χ0) is 21.1. The van der Waals surface area contributed by atoms with Crippen molar-refractivity contribution in [2.45, 2.75) is 19.8 Å². The minimum atomic E-state index is -0.341. The number of hydrogen-bond acceptors (Lipinski definition) is 6. The van der Waals surface area contributed by atoms with Crippen molar-refractivity contribution in [3.8, 4) is 0 Å². The fraction of sp³-hybridized carbons (Fsp3) is 0.318. The molecular formula is C22H22FN3O4. The number of aromatic nitrogens is 1. The molecule has 1 fully saturated rings. The molecule has 0 spiro atoms. The largest absolute Gasteiger partial charge is 0.466 e. The average molecular weight is 411 g/mol. The second kappa shape index (κ2) is 8.52. The van der Waals surface area contributed by atoms with E-state index in [2.05, 4.69) is 10.3 Å². The van der Waals surface area contributed by atoms with Gasteiger partial charge in [-0.1, -0.05) is 0 Å². The van der Waals surface area contributed by atoms with Crippen molar-refractivity contribution in [1.29, 1.82) is 0 Å². The fourth-order valence-corrected chi connectivity index (χ4v) is 3.62. The number of nitrogens with one attached hydrogen (secondary N) is 1. The van der Waals surface area contributed by atoms with Crippen LogP contribution >= 0.6 is 0 Å². The summed E-state index contributed by atoms with van der Waals surface area (Å²) in [6.07, 6.45) is 2.94. The number of amides is 1. The molecule has 3 aromatic rings. The summed E-state index contributed by atoms with van der Waals surface area (Å²) in [6, 6.07) is 9.21. The van der Waals surface area contributed by atoms with Gasteiger partial charge in [0, 0.05) is 24.8 Å². The minimum Gasteiger partial charge on any atom is -0.466 e. The van der Waals surface area contributed by atoms with Crippen molar-refractivity contribution in [2.75, 3.05) is 25.0 Å². The number of carbonyl (C=O) groups excluding carboxylic acids is 2. The number of hydrogen-bond donors (Lipinski definition) is 1. The van der Waals surface area contributed by atoms with E-state index in [1.165, 1.54) is 18.4 Å². The van der Waals surface area contributed by atoms with Crippen LogP contribution in [-0.4, -0.2) is 41.5 Å². The number of anilines is 2. The lowest BCUT2D eigenvalue weighted by Crippen LogP contribution is -2.43. The average Bonchev–Trinajstić information content (AvgIpc) is 3.24. The quantitative estimate of drug-likeness (QED) is 0.636. The van der Waals surface area contributed by atoms with E-state index in [4.69, 9.17) is 9.15 Å². The van der Waals surface area contributed by atoms with Gasteiger partial charge in [0.25, 0.3) is 5.91 Å². The van der Waals surface area contributed by atoms with Gasteiger partial charge in [-0.2, -0.15) is 0 Å². The molecule has 1 saturated heterocycles. The van der Waals surface area contributed by atoms with Crippen LogP contribution in [0.3, 0.4) is 0 Å². The molecular weight excluding hydrogens is 389 g/mol.